The number of aromatic carboxylic acids is 1. The SMILES string of the molecule is Cc1cccc(Oc2ccc(C(=O)O)cc2C#N)c1F. The molecule has 0 spiro atoms. The molecule has 0 saturated carbocycles. The van der Waals surface area contributed by atoms with E-state index in [0.717, 1.165) is 0 Å². The monoisotopic (exact) mass is 271 g/mol. The molecule has 20 heavy (non-hydrogen) atoms. The van der Waals surface area contributed by atoms with Crippen LogP contribution in [0.5, 0.6) is 11.5 Å². The Morgan fingerprint density at radius 3 is 2.70 bits per heavy atom. The van der Waals surface area contributed by atoms with Gasteiger partial charge < -0.3 is 9.84 Å². The number of rotatable bonds is 3. The third kappa shape index (κ3) is 2.59. The number of nitriles is 1. The summed E-state index contributed by atoms with van der Waals surface area (Å²) in [6.07, 6.45) is 0. The molecule has 0 heterocycles. The highest BCUT2D eigenvalue weighted by atomic mass is 19.1. The van der Waals surface area contributed by atoms with E-state index >= 15 is 0 Å². The summed E-state index contributed by atoms with van der Waals surface area (Å²) in [5.74, 6) is -1.56. The van der Waals surface area contributed by atoms with Gasteiger partial charge in [0.2, 0.25) is 0 Å². The third-order valence-corrected chi connectivity index (χ3v) is 2.72. The van der Waals surface area contributed by atoms with Crippen LogP contribution in [0.25, 0.3) is 0 Å². The minimum atomic E-state index is -1.14. The Kier molecular flexibility index (Phi) is 3.67. The molecular formula is C15H10FNO3. The zero-order valence-electron chi connectivity index (χ0n) is 10.6. The number of benzene rings is 2. The van der Waals surface area contributed by atoms with Crippen LogP contribution in [0.3, 0.4) is 0 Å². The molecule has 5 heteroatoms. The lowest BCUT2D eigenvalue weighted by Gasteiger charge is -2.09. The number of carboxylic acid groups (broad SMARTS) is 1. The summed E-state index contributed by atoms with van der Waals surface area (Å²) < 4.78 is 19.2. The molecule has 4 nitrogen and oxygen atoms in total. The molecule has 100 valence electrons. The second kappa shape index (κ2) is 5.41. The van der Waals surface area contributed by atoms with E-state index < -0.39 is 11.8 Å². The summed E-state index contributed by atoms with van der Waals surface area (Å²) in [6, 6.07) is 10.3. The lowest BCUT2D eigenvalue weighted by atomic mass is 10.1. The largest absolute Gasteiger partial charge is 0.478 e. The number of halogens is 1. The van der Waals surface area contributed by atoms with Crippen molar-refractivity contribution in [2.45, 2.75) is 6.92 Å². The molecule has 0 fully saturated rings. The van der Waals surface area contributed by atoms with E-state index in [9.17, 15) is 9.18 Å². The summed E-state index contributed by atoms with van der Waals surface area (Å²) in [5.41, 5.74) is 0.424. The quantitative estimate of drug-likeness (QED) is 0.927. The summed E-state index contributed by atoms with van der Waals surface area (Å²) in [5, 5.41) is 17.9. The van der Waals surface area contributed by atoms with Crippen LogP contribution >= 0.6 is 0 Å². The maximum Gasteiger partial charge on any atom is 0.335 e. The van der Waals surface area contributed by atoms with Crippen molar-refractivity contribution < 1.29 is 19.0 Å². The van der Waals surface area contributed by atoms with Crippen LogP contribution < -0.4 is 4.74 Å². The summed E-state index contributed by atoms with van der Waals surface area (Å²) >= 11 is 0. The number of nitrogens with zero attached hydrogens (tertiary/aromatic N) is 1. The summed E-state index contributed by atoms with van der Waals surface area (Å²) in [6.45, 7) is 1.60. The predicted octanol–water partition coefficient (Wildman–Crippen LogP) is 3.50. The maximum absolute atomic E-state index is 13.8. The molecule has 0 unspecified atom stereocenters. The Morgan fingerprint density at radius 2 is 2.05 bits per heavy atom. The predicted molar refractivity (Wildman–Crippen MR) is 69.3 cm³/mol. The fourth-order valence-corrected chi connectivity index (χ4v) is 1.66. The van der Waals surface area contributed by atoms with Crippen LogP contribution in [0.2, 0.25) is 0 Å². The molecule has 0 amide bonds. The van der Waals surface area contributed by atoms with Gasteiger partial charge in [-0.05, 0) is 36.8 Å². The summed E-state index contributed by atoms with van der Waals surface area (Å²) in [4.78, 5) is 10.8. The molecule has 0 atom stereocenters. The van der Waals surface area contributed by atoms with E-state index in [1.54, 1.807) is 19.1 Å². The fraction of sp³-hybridized carbons (Fsp3) is 0.0667. The molecule has 0 radical (unpaired) electrons. The smallest absolute Gasteiger partial charge is 0.335 e. The van der Waals surface area contributed by atoms with Gasteiger partial charge in [-0.1, -0.05) is 12.1 Å². The van der Waals surface area contributed by atoms with Gasteiger partial charge in [-0.25, -0.2) is 9.18 Å². The molecule has 2 aromatic rings. The van der Waals surface area contributed by atoms with Gasteiger partial charge in [-0.15, -0.1) is 0 Å². The number of carboxylic acids is 1. The topological polar surface area (TPSA) is 70.3 Å². The molecule has 2 aromatic carbocycles. The highest BCUT2D eigenvalue weighted by Crippen LogP contribution is 2.29. The van der Waals surface area contributed by atoms with Crippen molar-refractivity contribution >= 4 is 5.97 Å². The Labute approximate surface area is 114 Å². The Bertz CT molecular complexity index is 720. The molecule has 0 aromatic heterocycles. The molecule has 0 saturated heterocycles. The Morgan fingerprint density at radius 1 is 1.30 bits per heavy atom. The van der Waals surface area contributed by atoms with Crippen LogP contribution in [0.4, 0.5) is 4.39 Å². The van der Waals surface area contributed by atoms with E-state index in [2.05, 4.69) is 0 Å². The number of carbonyl (C=O) groups is 1. The minimum Gasteiger partial charge on any atom is -0.478 e. The lowest BCUT2D eigenvalue weighted by molar-refractivity contribution is 0.0697. The minimum absolute atomic E-state index is 0.00965. The first kappa shape index (κ1) is 13.6. The number of ether oxygens (including phenoxy) is 1. The van der Waals surface area contributed by atoms with Gasteiger partial charge in [-0.2, -0.15) is 5.26 Å². The third-order valence-electron chi connectivity index (χ3n) is 2.72. The first-order valence-electron chi connectivity index (χ1n) is 5.73. The van der Waals surface area contributed by atoms with Gasteiger partial charge in [0.1, 0.15) is 11.8 Å². The zero-order valence-corrected chi connectivity index (χ0v) is 10.6. The van der Waals surface area contributed by atoms with Crippen molar-refractivity contribution in [3.63, 3.8) is 0 Å². The standard InChI is InChI=1S/C15H10FNO3/c1-9-3-2-4-13(14(9)16)20-12-6-5-10(15(18)19)7-11(12)8-17/h2-7H,1H3,(H,18,19). The average Bonchev–Trinajstić information content (AvgIpc) is 2.44. The van der Waals surface area contributed by atoms with E-state index in [1.165, 1.54) is 24.3 Å². The van der Waals surface area contributed by atoms with Crippen molar-refractivity contribution in [1.82, 2.24) is 0 Å². The molecule has 1 N–H and O–H groups in total. The number of hydrogen-bond acceptors (Lipinski definition) is 3. The molecule has 0 aliphatic heterocycles. The van der Waals surface area contributed by atoms with Crippen molar-refractivity contribution in [3.05, 3.63) is 58.9 Å². The molecular weight excluding hydrogens is 261 g/mol. The van der Waals surface area contributed by atoms with E-state index in [-0.39, 0.29) is 22.6 Å². The van der Waals surface area contributed by atoms with Crippen molar-refractivity contribution in [1.29, 1.82) is 5.26 Å². The van der Waals surface area contributed by atoms with Crippen molar-refractivity contribution in [2.24, 2.45) is 0 Å². The molecule has 0 aliphatic rings. The average molecular weight is 271 g/mol. The molecule has 0 aliphatic carbocycles. The van der Waals surface area contributed by atoms with Crippen LogP contribution in [0.15, 0.2) is 36.4 Å². The lowest BCUT2D eigenvalue weighted by Crippen LogP contribution is -1.98. The zero-order chi connectivity index (χ0) is 14.7. The number of aryl methyl sites for hydroxylation is 1. The normalized spacial score (nSPS) is 9.85. The van der Waals surface area contributed by atoms with Gasteiger partial charge in [0.15, 0.2) is 11.6 Å². The van der Waals surface area contributed by atoms with E-state index in [4.69, 9.17) is 15.1 Å². The number of hydrogen-bond donors (Lipinski definition) is 1. The van der Waals surface area contributed by atoms with Crippen LogP contribution in [0.1, 0.15) is 21.5 Å². The second-order valence-corrected chi connectivity index (χ2v) is 4.12. The fourth-order valence-electron chi connectivity index (χ4n) is 1.66. The van der Waals surface area contributed by atoms with Crippen molar-refractivity contribution in [3.8, 4) is 17.6 Å². The Hall–Kier alpha value is -2.87. The maximum atomic E-state index is 13.8. The van der Waals surface area contributed by atoms with Gasteiger partial charge >= 0.3 is 5.97 Å². The first-order chi connectivity index (χ1) is 9.52. The van der Waals surface area contributed by atoms with Crippen LogP contribution in [-0.2, 0) is 0 Å². The highest BCUT2D eigenvalue weighted by Gasteiger charge is 2.12. The van der Waals surface area contributed by atoms with E-state index in [0.29, 0.717) is 5.56 Å². The molecule has 2 rings (SSSR count). The Balaban J connectivity index is 2.42. The van der Waals surface area contributed by atoms with Gasteiger partial charge in [-0.3, -0.25) is 0 Å². The van der Waals surface area contributed by atoms with Gasteiger partial charge in [0, 0.05) is 0 Å². The van der Waals surface area contributed by atoms with E-state index in [1.807, 2.05) is 6.07 Å². The van der Waals surface area contributed by atoms with Crippen LogP contribution in [0, 0.1) is 24.1 Å². The first-order valence-corrected chi connectivity index (χ1v) is 5.73. The van der Waals surface area contributed by atoms with Crippen molar-refractivity contribution in [2.75, 3.05) is 0 Å². The van der Waals surface area contributed by atoms with Gasteiger partial charge in [0.25, 0.3) is 0 Å². The highest BCUT2D eigenvalue weighted by molar-refractivity contribution is 5.88. The second-order valence-electron chi connectivity index (χ2n) is 4.12. The molecule has 0 bridgehead atoms. The van der Waals surface area contributed by atoms with Gasteiger partial charge in [0.05, 0.1) is 11.1 Å². The summed E-state index contributed by atoms with van der Waals surface area (Å²) in [7, 11) is 0. The van der Waals surface area contributed by atoms with Crippen LogP contribution in [-0.4, -0.2) is 11.1 Å².